The molecule has 90 valence electrons. The highest BCUT2D eigenvalue weighted by Crippen LogP contribution is 2.31. The van der Waals surface area contributed by atoms with Crippen LogP contribution in [0.15, 0.2) is 0 Å². The van der Waals surface area contributed by atoms with E-state index in [0.29, 0.717) is 24.3 Å². The topological polar surface area (TPSA) is 37.4 Å². The molecule has 0 N–H and O–H groups in total. The second-order valence-electron chi connectivity index (χ2n) is 4.73. The van der Waals surface area contributed by atoms with E-state index in [0.717, 1.165) is 12.8 Å². The molecule has 1 amide bonds. The minimum absolute atomic E-state index is 0.0583. The van der Waals surface area contributed by atoms with Crippen LogP contribution in [0.5, 0.6) is 0 Å². The van der Waals surface area contributed by atoms with Crippen LogP contribution < -0.4 is 0 Å². The molecule has 0 spiro atoms. The van der Waals surface area contributed by atoms with Crippen LogP contribution in [0.4, 0.5) is 0 Å². The van der Waals surface area contributed by atoms with Crippen molar-refractivity contribution >= 4 is 23.5 Å². The Labute approximate surface area is 101 Å². The highest BCUT2D eigenvalue weighted by Gasteiger charge is 2.32. The summed E-state index contributed by atoms with van der Waals surface area (Å²) in [4.78, 5) is 24.9. The Hall–Kier alpha value is -0.510. The van der Waals surface area contributed by atoms with Crippen molar-refractivity contribution < 1.29 is 9.59 Å². The maximum atomic E-state index is 11.8. The molecule has 2 rings (SSSR count). The van der Waals surface area contributed by atoms with Crippen LogP contribution in [0.25, 0.3) is 0 Å². The van der Waals surface area contributed by atoms with Crippen LogP contribution in [-0.4, -0.2) is 40.7 Å². The first-order valence-electron chi connectivity index (χ1n) is 6.04. The fourth-order valence-electron chi connectivity index (χ4n) is 2.73. The maximum Gasteiger partial charge on any atom is 0.230 e. The lowest BCUT2D eigenvalue weighted by Crippen LogP contribution is -2.47. The van der Waals surface area contributed by atoms with E-state index in [1.165, 1.54) is 12.8 Å². The van der Waals surface area contributed by atoms with Crippen LogP contribution in [0.3, 0.4) is 0 Å². The average Bonchev–Trinajstić information content (AvgIpc) is 2.29. The number of carbonyl (C=O) groups is 2. The fraction of sp³-hybridized carbons (Fsp3) is 0.833. The van der Waals surface area contributed by atoms with Gasteiger partial charge in [-0.15, -0.1) is 0 Å². The summed E-state index contributed by atoms with van der Waals surface area (Å²) in [6.07, 6.45) is 7.58. The standard InChI is InChI=1S/C12H19NO2S/c1-16-11-4-2-3-9(7-11)13-6-5-10(14)8-12(13)15/h9,11H,2-8H2,1H3. The Morgan fingerprint density at radius 3 is 2.81 bits per heavy atom. The van der Waals surface area contributed by atoms with Gasteiger partial charge in [-0.25, -0.2) is 0 Å². The summed E-state index contributed by atoms with van der Waals surface area (Å²) in [5, 5.41) is 0.698. The van der Waals surface area contributed by atoms with Gasteiger partial charge >= 0.3 is 0 Å². The maximum absolute atomic E-state index is 11.8. The minimum atomic E-state index is 0.0583. The highest BCUT2D eigenvalue weighted by atomic mass is 32.2. The molecule has 2 fully saturated rings. The van der Waals surface area contributed by atoms with Gasteiger partial charge in [-0.05, 0) is 25.5 Å². The number of amides is 1. The number of piperidine rings is 1. The Morgan fingerprint density at radius 2 is 2.12 bits per heavy atom. The van der Waals surface area contributed by atoms with Crippen LogP contribution >= 0.6 is 11.8 Å². The molecular weight excluding hydrogens is 222 g/mol. The van der Waals surface area contributed by atoms with Gasteiger partial charge in [0.2, 0.25) is 5.91 Å². The first kappa shape index (κ1) is 12.0. The monoisotopic (exact) mass is 241 g/mol. The van der Waals surface area contributed by atoms with Gasteiger partial charge in [0.15, 0.2) is 0 Å². The lowest BCUT2D eigenvalue weighted by molar-refractivity contribution is -0.142. The van der Waals surface area contributed by atoms with Gasteiger partial charge in [-0.3, -0.25) is 9.59 Å². The summed E-state index contributed by atoms with van der Waals surface area (Å²) >= 11 is 1.91. The Kier molecular flexibility index (Phi) is 3.90. The third kappa shape index (κ3) is 2.59. The Bertz CT molecular complexity index is 293. The molecule has 0 aromatic carbocycles. The number of hydrogen-bond donors (Lipinski definition) is 0. The summed E-state index contributed by atoms with van der Waals surface area (Å²) < 4.78 is 0. The second-order valence-corrected chi connectivity index (χ2v) is 5.87. The number of rotatable bonds is 2. The number of carbonyl (C=O) groups excluding carboxylic acids is 2. The van der Waals surface area contributed by atoms with Gasteiger partial charge < -0.3 is 4.90 Å². The molecule has 0 aromatic rings. The summed E-state index contributed by atoms with van der Waals surface area (Å²) in [6.45, 7) is 0.656. The van der Waals surface area contributed by atoms with E-state index in [9.17, 15) is 9.59 Å². The van der Waals surface area contributed by atoms with Crippen molar-refractivity contribution in [1.29, 1.82) is 0 Å². The summed E-state index contributed by atoms with van der Waals surface area (Å²) in [5.41, 5.74) is 0. The van der Waals surface area contributed by atoms with Crippen molar-refractivity contribution in [3.63, 3.8) is 0 Å². The number of Topliss-reactive ketones (excluding diaryl/α,β-unsaturated/α-hetero) is 1. The molecule has 16 heavy (non-hydrogen) atoms. The van der Waals surface area contributed by atoms with E-state index in [-0.39, 0.29) is 18.1 Å². The van der Waals surface area contributed by atoms with E-state index in [4.69, 9.17) is 0 Å². The Morgan fingerprint density at radius 1 is 1.31 bits per heavy atom. The number of hydrogen-bond acceptors (Lipinski definition) is 3. The van der Waals surface area contributed by atoms with Crippen LogP contribution in [-0.2, 0) is 9.59 Å². The molecule has 0 radical (unpaired) electrons. The first-order valence-corrected chi connectivity index (χ1v) is 7.33. The zero-order chi connectivity index (χ0) is 11.5. The second kappa shape index (κ2) is 5.21. The zero-order valence-electron chi connectivity index (χ0n) is 9.78. The normalized spacial score (nSPS) is 31.9. The van der Waals surface area contributed by atoms with Gasteiger partial charge in [0, 0.05) is 24.3 Å². The molecule has 1 heterocycles. The quantitative estimate of drug-likeness (QED) is 0.692. The molecule has 1 aliphatic carbocycles. The van der Waals surface area contributed by atoms with Gasteiger partial charge in [0.05, 0.1) is 6.42 Å². The van der Waals surface area contributed by atoms with E-state index in [2.05, 4.69) is 6.26 Å². The molecule has 2 aliphatic rings. The SMILES string of the molecule is CSC1CCCC(N2CCC(=O)CC2=O)C1. The lowest BCUT2D eigenvalue weighted by atomic mass is 9.92. The molecular formula is C12H19NO2S. The predicted octanol–water partition coefficient (Wildman–Crippen LogP) is 1.85. The molecule has 4 heteroatoms. The first-order chi connectivity index (χ1) is 7.70. The molecule has 0 aromatic heterocycles. The number of thioether (sulfide) groups is 1. The number of ketones is 1. The van der Waals surface area contributed by atoms with Crippen molar-refractivity contribution in [2.24, 2.45) is 0 Å². The molecule has 0 bridgehead atoms. The van der Waals surface area contributed by atoms with E-state index < -0.39 is 0 Å². The van der Waals surface area contributed by atoms with Crippen LogP contribution in [0.1, 0.15) is 38.5 Å². The molecule has 1 saturated carbocycles. The molecule has 2 unspecified atom stereocenters. The van der Waals surface area contributed by atoms with Crippen molar-refractivity contribution in [2.45, 2.75) is 49.8 Å². The smallest absolute Gasteiger partial charge is 0.230 e. The minimum Gasteiger partial charge on any atom is -0.339 e. The average molecular weight is 241 g/mol. The lowest BCUT2D eigenvalue weighted by Gasteiger charge is -2.38. The predicted molar refractivity (Wildman–Crippen MR) is 65.5 cm³/mol. The fourth-order valence-corrected chi connectivity index (χ4v) is 3.55. The van der Waals surface area contributed by atoms with Gasteiger partial charge in [-0.1, -0.05) is 6.42 Å². The third-order valence-electron chi connectivity index (χ3n) is 3.67. The third-order valence-corrected chi connectivity index (χ3v) is 4.77. The molecule has 1 aliphatic heterocycles. The van der Waals surface area contributed by atoms with E-state index in [1.54, 1.807) is 0 Å². The Balaban J connectivity index is 1.96. The van der Waals surface area contributed by atoms with E-state index >= 15 is 0 Å². The van der Waals surface area contributed by atoms with Crippen LogP contribution in [0.2, 0.25) is 0 Å². The number of nitrogens with zero attached hydrogens (tertiary/aromatic N) is 1. The molecule has 2 atom stereocenters. The number of likely N-dealkylation sites (tertiary alicyclic amines) is 1. The van der Waals surface area contributed by atoms with Crippen molar-refractivity contribution in [1.82, 2.24) is 4.90 Å². The van der Waals surface area contributed by atoms with Gasteiger partial charge in [-0.2, -0.15) is 11.8 Å². The van der Waals surface area contributed by atoms with Gasteiger partial charge in [0.25, 0.3) is 0 Å². The summed E-state index contributed by atoms with van der Waals surface area (Å²) in [7, 11) is 0. The van der Waals surface area contributed by atoms with Crippen molar-refractivity contribution in [3.05, 3.63) is 0 Å². The van der Waals surface area contributed by atoms with Crippen molar-refractivity contribution in [2.75, 3.05) is 12.8 Å². The molecule has 3 nitrogen and oxygen atoms in total. The largest absolute Gasteiger partial charge is 0.339 e. The summed E-state index contributed by atoms with van der Waals surface area (Å²) in [6, 6.07) is 0.395. The van der Waals surface area contributed by atoms with Crippen LogP contribution in [0, 0.1) is 0 Å². The van der Waals surface area contributed by atoms with E-state index in [1.807, 2.05) is 16.7 Å². The summed E-state index contributed by atoms with van der Waals surface area (Å²) in [5.74, 6) is 0.168. The molecule has 1 saturated heterocycles. The van der Waals surface area contributed by atoms with Gasteiger partial charge in [0.1, 0.15) is 5.78 Å². The van der Waals surface area contributed by atoms with Crippen molar-refractivity contribution in [3.8, 4) is 0 Å². The highest BCUT2D eigenvalue weighted by molar-refractivity contribution is 7.99. The zero-order valence-corrected chi connectivity index (χ0v) is 10.6.